The Morgan fingerprint density at radius 1 is 0.667 bits per heavy atom. The minimum atomic E-state index is 0.273. The summed E-state index contributed by atoms with van der Waals surface area (Å²) < 4.78 is 0. The lowest BCUT2D eigenvalue weighted by molar-refractivity contribution is 0.469. The van der Waals surface area contributed by atoms with Crippen LogP contribution in [-0.4, -0.2) is 21.6 Å². The molecule has 2 N–H and O–H groups in total. The first-order chi connectivity index (χ1) is 14.3. The standard InChI is InChI=1S/C26H36N2O2/c1-7-9-11-23(21-15-17(3)13-19(5)25(21)29)27-28-24(12-10-8-2)22-16-18(4)14-20(6)26(22)30/h13-16,29-30H,7-12H2,1-6H3/b27-23-,28-24-. The molecule has 0 amide bonds. The highest BCUT2D eigenvalue weighted by Crippen LogP contribution is 2.28. The number of phenols is 2. The topological polar surface area (TPSA) is 65.2 Å². The van der Waals surface area contributed by atoms with Gasteiger partial charge in [-0.1, -0.05) is 38.8 Å². The van der Waals surface area contributed by atoms with Crippen molar-refractivity contribution >= 4 is 11.4 Å². The molecule has 0 fully saturated rings. The molecule has 0 saturated heterocycles. The number of unbranched alkanes of at least 4 members (excludes halogenated alkanes) is 2. The summed E-state index contributed by atoms with van der Waals surface area (Å²) in [5.41, 5.74) is 6.96. The second-order valence-corrected chi connectivity index (χ2v) is 8.26. The van der Waals surface area contributed by atoms with E-state index in [0.29, 0.717) is 0 Å². The summed E-state index contributed by atoms with van der Waals surface area (Å²) in [7, 11) is 0. The molecule has 162 valence electrons. The Balaban J connectivity index is 2.60. The molecule has 0 heterocycles. The van der Waals surface area contributed by atoms with Crippen LogP contribution in [0.15, 0.2) is 34.5 Å². The smallest absolute Gasteiger partial charge is 0.127 e. The molecule has 4 heteroatoms. The second kappa shape index (κ2) is 11.0. The van der Waals surface area contributed by atoms with Gasteiger partial charge in [-0.2, -0.15) is 10.2 Å². The molecule has 0 aromatic heterocycles. The van der Waals surface area contributed by atoms with Crippen LogP contribution in [0.25, 0.3) is 0 Å². The van der Waals surface area contributed by atoms with E-state index < -0.39 is 0 Å². The van der Waals surface area contributed by atoms with E-state index in [1.807, 2.05) is 52.0 Å². The zero-order chi connectivity index (χ0) is 22.3. The molecule has 2 rings (SSSR count). The van der Waals surface area contributed by atoms with Crippen LogP contribution in [0.3, 0.4) is 0 Å². The number of phenolic OH excluding ortho intramolecular Hbond substituents is 2. The lowest BCUT2D eigenvalue weighted by atomic mass is 9.98. The molecular formula is C26H36N2O2. The van der Waals surface area contributed by atoms with Crippen molar-refractivity contribution in [3.05, 3.63) is 57.6 Å². The quantitative estimate of drug-likeness (QED) is 0.350. The van der Waals surface area contributed by atoms with E-state index in [1.165, 1.54) is 0 Å². The van der Waals surface area contributed by atoms with E-state index in [2.05, 4.69) is 24.1 Å². The van der Waals surface area contributed by atoms with E-state index >= 15 is 0 Å². The van der Waals surface area contributed by atoms with Gasteiger partial charge in [0.15, 0.2) is 0 Å². The lowest BCUT2D eigenvalue weighted by Gasteiger charge is -2.13. The van der Waals surface area contributed by atoms with Crippen molar-refractivity contribution in [1.82, 2.24) is 0 Å². The second-order valence-electron chi connectivity index (χ2n) is 8.26. The summed E-state index contributed by atoms with van der Waals surface area (Å²) in [5.74, 6) is 0.546. The highest BCUT2D eigenvalue weighted by Gasteiger charge is 2.15. The van der Waals surface area contributed by atoms with Gasteiger partial charge in [-0.15, -0.1) is 0 Å². The van der Waals surface area contributed by atoms with Crippen LogP contribution in [0.5, 0.6) is 11.5 Å². The fourth-order valence-electron chi connectivity index (χ4n) is 3.65. The van der Waals surface area contributed by atoms with Crippen LogP contribution in [0.4, 0.5) is 0 Å². The van der Waals surface area contributed by atoms with Crippen LogP contribution in [0.1, 0.15) is 85.8 Å². The van der Waals surface area contributed by atoms with Gasteiger partial charge >= 0.3 is 0 Å². The SMILES string of the molecule is CCCC/C(=N/N=C(/CCCC)c1cc(C)cc(C)c1O)c1cc(C)cc(C)c1O. The molecule has 0 aliphatic heterocycles. The monoisotopic (exact) mass is 408 g/mol. The Morgan fingerprint density at radius 3 is 1.37 bits per heavy atom. The summed E-state index contributed by atoms with van der Waals surface area (Å²) in [5, 5.41) is 30.6. The van der Waals surface area contributed by atoms with Crippen molar-refractivity contribution in [3.63, 3.8) is 0 Å². The van der Waals surface area contributed by atoms with Crippen LogP contribution < -0.4 is 0 Å². The summed E-state index contributed by atoms with van der Waals surface area (Å²) in [6.07, 6.45) is 5.51. The summed E-state index contributed by atoms with van der Waals surface area (Å²) in [6, 6.07) is 7.90. The van der Waals surface area contributed by atoms with Gasteiger partial charge in [0, 0.05) is 11.1 Å². The van der Waals surface area contributed by atoms with E-state index in [4.69, 9.17) is 0 Å². The number of hydrogen-bond acceptors (Lipinski definition) is 4. The highest BCUT2D eigenvalue weighted by molar-refractivity contribution is 6.06. The average molecular weight is 409 g/mol. The Hall–Kier alpha value is -2.62. The normalized spacial score (nSPS) is 12.5. The largest absolute Gasteiger partial charge is 0.507 e. The van der Waals surface area contributed by atoms with Crippen LogP contribution in [0.2, 0.25) is 0 Å². The van der Waals surface area contributed by atoms with Gasteiger partial charge in [-0.25, -0.2) is 0 Å². The molecule has 0 spiro atoms. The van der Waals surface area contributed by atoms with Crippen molar-refractivity contribution < 1.29 is 10.2 Å². The number of hydrogen-bond donors (Lipinski definition) is 2. The molecule has 0 unspecified atom stereocenters. The van der Waals surface area contributed by atoms with Crippen molar-refractivity contribution in [1.29, 1.82) is 0 Å². The van der Waals surface area contributed by atoms with Crippen molar-refractivity contribution in [2.75, 3.05) is 0 Å². The minimum Gasteiger partial charge on any atom is -0.507 e. The van der Waals surface area contributed by atoms with Gasteiger partial charge < -0.3 is 10.2 Å². The molecule has 30 heavy (non-hydrogen) atoms. The maximum atomic E-state index is 10.7. The molecule has 0 radical (unpaired) electrons. The Kier molecular flexibility index (Phi) is 8.64. The fraction of sp³-hybridized carbons (Fsp3) is 0.462. The zero-order valence-corrected chi connectivity index (χ0v) is 19.3. The maximum Gasteiger partial charge on any atom is 0.127 e. The predicted molar refractivity (Wildman–Crippen MR) is 127 cm³/mol. The molecule has 0 saturated carbocycles. The van der Waals surface area contributed by atoms with Gasteiger partial charge in [0.2, 0.25) is 0 Å². The first kappa shape index (κ1) is 23.7. The summed E-state index contributed by atoms with van der Waals surface area (Å²) in [4.78, 5) is 0. The van der Waals surface area contributed by atoms with Crippen molar-refractivity contribution in [2.24, 2.45) is 10.2 Å². The van der Waals surface area contributed by atoms with Gasteiger partial charge in [0.25, 0.3) is 0 Å². The van der Waals surface area contributed by atoms with Gasteiger partial charge in [-0.3, -0.25) is 0 Å². The number of nitrogens with zero attached hydrogens (tertiary/aromatic N) is 2. The molecule has 2 aromatic carbocycles. The lowest BCUT2D eigenvalue weighted by Crippen LogP contribution is -2.06. The number of aromatic hydroxyl groups is 2. The third kappa shape index (κ3) is 5.94. The summed E-state index contributed by atoms with van der Waals surface area (Å²) in [6.45, 7) is 12.2. The van der Waals surface area contributed by atoms with Gasteiger partial charge in [0.05, 0.1) is 11.4 Å². The predicted octanol–water partition coefficient (Wildman–Crippen LogP) is 6.91. The zero-order valence-electron chi connectivity index (χ0n) is 19.3. The molecule has 2 aromatic rings. The van der Waals surface area contributed by atoms with E-state index in [-0.39, 0.29) is 11.5 Å². The average Bonchev–Trinajstić information content (AvgIpc) is 2.70. The van der Waals surface area contributed by atoms with Crippen molar-refractivity contribution in [3.8, 4) is 11.5 Å². The van der Waals surface area contributed by atoms with Gasteiger partial charge in [-0.05, 0) is 87.8 Å². The molecule has 0 aliphatic carbocycles. The van der Waals surface area contributed by atoms with E-state index in [9.17, 15) is 10.2 Å². The third-order valence-corrected chi connectivity index (χ3v) is 5.34. The Labute approximate surface area is 181 Å². The highest BCUT2D eigenvalue weighted by atomic mass is 16.3. The molecule has 0 bridgehead atoms. The fourth-order valence-corrected chi connectivity index (χ4v) is 3.65. The molecule has 0 atom stereocenters. The first-order valence-corrected chi connectivity index (χ1v) is 11.0. The minimum absolute atomic E-state index is 0.273. The van der Waals surface area contributed by atoms with E-state index in [1.54, 1.807) is 0 Å². The number of benzene rings is 2. The van der Waals surface area contributed by atoms with Gasteiger partial charge in [0.1, 0.15) is 11.5 Å². The number of aryl methyl sites for hydroxylation is 4. The number of rotatable bonds is 9. The Morgan fingerprint density at radius 2 is 1.03 bits per heavy atom. The van der Waals surface area contributed by atoms with Crippen molar-refractivity contribution in [2.45, 2.75) is 80.1 Å². The summed E-state index contributed by atoms with van der Waals surface area (Å²) >= 11 is 0. The van der Waals surface area contributed by atoms with Crippen LogP contribution >= 0.6 is 0 Å². The van der Waals surface area contributed by atoms with Crippen LogP contribution in [0, 0.1) is 27.7 Å². The molecular weight excluding hydrogens is 372 g/mol. The van der Waals surface area contributed by atoms with E-state index in [0.717, 1.165) is 83.3 Å². The molecule has 4 nitrogen and oxygen atoms in total. The third-order valence-electron chi connectivity index (χ3n) is 5.34. The Bertz CT molecular complexity index is 865. The molecule has 0 aliphatic rings. The first-order valence-electron chi connectivity index (χ1n) is 11.0. The van der Waals surface area contributed by atoms with Crippen LogP contribution in [-0.2, 0) is 0 Å². The maximum absolute atomic E-state index is 10.7.